The van der Waals surface area contributed by atoms with Crippen LogP contribution in [0, 0.1) is 5.92 Å². The summed E-state index contributed by atoms with van der Waals surface area (Å²) >= 11 is 0. The summed E-state index contributed by atoms with van der Waals surface area (Å²) in [6.07, 6.45) is 1.70. The quantitative estimate of drug-likeness (QED) is 0.551. The summed E-state index contributed by atoms with van der Waals surface area (Å²) in [4.78, 5) is 27.1. The Kier molecular flexibility index (Phi) is 6.92. The molecule has 182 valence electrons. The number of nitrogens with zero attached hydrogens (tertiary/aromatic N) is 3. The van der Waals surface area contributed by atoms with Crippen molar-refractivity contribution in [1.29, 1.82) is 0 Å². The molecule has 10 heteroatoms. The van der Waals surface area contributed by atoms with Gasteiger partial charge in [-0.1, -0.05) is 6.92 Å². The molecule has 0 spiro atoms. The lowest BCUT2D eigenvalue weighted by Crippen LogP contribution is -2.37. The summed E-state index contributed by atoms with van der Waals surface area (Å²) in [5.41, 5.74) is 1.89. The van der Waals surface area contributed by atoms with E-state index < -0.39 is 15.8 Å². The van der Waals surface area contributed by atoms with Crippen molar-refractivity contribution >= 4 is 32.7 Å². The molecular formula is C24H30N4O5S. The molecule has 1 amide bonds. The average Bonchev–Trinajstić information content (AvgIpc) is 3.12. The first kappa shape index (κ1) is 24.2. The molecule has 3 aromatic rings. The first-order valence-electron chi connectivity index (χ1n) is 11.3. The number of benzene rings is 2. The van der Waals surface area contributed by atoms with Crippen LogP contribution < -0.4 is 11.1 Å². The molecule has 1 N–H and O–H groups in total. The van der Waals surface area contributed by atoms with Crippen LogP contribution in [0.3, 0.4) is 0 Å². The first-order chi connectivity index (χ1) is 16.1. The maximum Gasteiger partial charge on any atom is 0.419 e. The van der Waals surface area contributed by atoms with E-state index >= 15 is 0 Å². The Hall–Kier alpha value is -2.95. The Morgan fingerprint density at radius 2 is 1.79 bits per heavy atom. The van der Waals surface area contributed by atoms with E-state index in [0.29, 0.717) is 54.4 Å². The van der Waals surface area contributed by atoms with E-state index in [1.807, 2.05) is 19.0 Å². The maximum absolute atomic E-state index is 12.9. The Morgan fingerprint density at radius 3 is 2.44 bits per heavy atom. The first-order valence-corrected chi connectivity index (χ1v) is 12.8. The fourth-order valence-electron chi connectivity index (χ4n) is 4.01. The number of anilines is 1. The second-order valence-corrected chi connectivity index (χ2v) is 11.0. The van der Waals surface area contributed by atoms with Gasteiger partial charge in [0.25, 0.3) is 5.91 Å². The molecule has 0 aliphatic carbocycles. The van der Waals surface area contributed by atoms with Gasteiger partial charge in [-0.15, -0.1) is 0 Å². The number of sulfonamides is 1. The molecule has 4 rings (SSSR count). The number of hydrogen-bond acceptors (Lipinski definition) is 6. The van der Waals surface area contributed by atoms with Gasteiger partial charge in [-0.3, -0.25) is 9.36 Å². The Bertz CT molecular complexity index is 1330. The molecule has 34 heavy (non-hydrogen) atoms. The summed E-state index contributed by atoms with van der Waals surface area (Å²) < 4.78 is 34.1. The molecule has 1 aliphatic heterocycles. The molecule has 0 atom stereocenters. The molecule has 0 unspecified atom stereocenters. The van der Waals surface area contributed by atoms with Crippen molar-refractivity contribution in [3.05, 3.63) is 58.6 Å². The number of amides is 1. The number of likely N-dealkylation sites (N-methyl/N-ethyl adjacent to an activating group) is 1. The number of fused-ring (bicyclic) bond motifs is 1. The fourth-order valence-corrected chi connectivity index (χ4v) is 5.48. The van der Waals surface area contributed by atoms with Crippen molar-refractivity contribution < 1.29 is 17.6 Å². The number of nitrogens with one attached hydrogen (secondary N) is 1. The number of piperidine rings is 1. The largest absolute Gasteiger partial charge is 0.419 e. The summed E-state index contributed by atoms with van der Waals surface area (Å²) in [5, 5.41) is 2.81. The third-order valence-corrected chi connectivity index (χ3v) is 8.11. The number of rotatable bonds is 7. The highest BCUT2D eigenvalue weighted by Gasteiger charge is 2.28. The highest BCUT2D eigenvalue weighted by Crippen LogP contribution is 2.24. The molecule has 0 radical (unpaired) electrons. The molecule has 1 aromatic heterocycles. The van der Waals surface area contributed by atoms with Gasteiger partial charge in [0.15, 0.2) is 5.58 Å². The fraction of sp³-hybridized carbons (Fsp3) is 0.417. The van der Waals surface area contributed by atoms with E-state index in [2.05, 4.69) is 12.2 Å². The van der Waals surface area contributed by atoms with Crippen molar-refractivity contribution in [3.63, 3.8) is 0 Å². The van der Waals surface area contributed by atoms with Gasteiger partial charge in [-0.2, -0.15) is 4.31 Å². The number of hydrogen-bond donors (Lipinski definition) is 1. The summed E-state index contributed by atoms with van der Waals surface area (Å²) in [6, 6.07) is 11.0. The van der Waals surface area contributed by atoms with Gasteiger partial charge in [0.1, 0.15) is 0 Å². The van der Waals surface area contributed by atoms with Crippen molar-refractivity contribution in [1.82, 2.24) is 13.8 Å². The predicted molar refractivity (Wildman–Crippen MR) is 131 cm³/mol. The van der Waals surface area contributed by atoms with Gasteiger partial charge in [-0.25, -0.2) is 13.2 Å². The Labute approximate surface area is 199 Å². The van der Waals surface area contributed by atoms with Crippen LogP contribution in [0.1, 0.15) is 30.1 Å². The highest BCUT2D eigenvalue weighted by molar-refractivity contribution is 7.89. The molecule has 2 aromatic carbocycles. The number of oxazole rings is 1. The second kappa shape index (κ2) is 9.73. The van der Waals surface area contributed by atoms with Gasteiger partial charge >= 0.3 is 5.76 Å². The van der Waals surface area contributed by atoms with Gasteiger partial charge < -0.3 is 14.6 Å². The van der Waals surface area contributed by atoms with Crippen molar-refractivity contribution in [2.45, 2.75) is 31.2 Å². The molecule has 2 heterocycles. The van der Waals surface area contributed by atoms with Gasteiger partial charge in [-0.05, 0) is 75.3 Å². The van der Waals surface area contributed by atoms with Crippen molar-refractivity contribution in [2.24, 2.45) is 5.92 Å². The summed E-state index contributed by atoms with van der Waals surface area (Å²) in [5.74, 6) is -0.289. The third kappa shape index (κ3) is 5.08. The van der Waals surface area contributed by atoms with Crippen LogP contribution in [0.15, 0.2) is 56.6 Å². The molecule has 1 aliphatic rings. The topological polar surface area (TPSA) is 105 Å². The van der Waals surface area contributed by atoms with Crippen LogP contribution in [-0.2, 0) is 16.6 Å². The van der Waals surface area contributed by atoms with Crippen LogP contribution in [-0.4, -0.2) is 61.8 Å². The van der Waals surface area contributed by atoms with E-state index in [1.165, 1.54) is 33.1 Å². The van der Waals surface area contributed by atoms with Crippen molar-refractivity contribution in [3.8, 4) is 0 Å². The lowest BCUT2D eigenvalue weighted by Gasteiger charge is -2.29. The van der Waals surface area contributed by atoms with Crippen LogP contribution in [0.25, 0.3) is 11.1 Å². The minimum Gasteiger partial charge on any atom is -0.408 e. The van der Waals surface area contributed by atoms with Gasteiger partial charge in [0, 0.05) is 37.4 Å². The molecular weight excluding hydrogens is 456 g/mol. The molecule has 0 saturated carbocycles. The SMILES string of the molecule is CC1CCN(S(=O)(=O)c2ccc(C(=O)Nc3ccc4oc(=O)n(CCN(C)C)c4c3)cc2)CC1. The molecule has 1 saturated heterocycles. The van der Waals surface area contributed by atoms with Gasteiger partial charge in [0.2, 0.25) is 10.0 Å². The predicted octanol–water partition coefficient (Wildman–Crippen LogP) is 2.83. The van der Waals surface area contributed by atoms with E-state index in [1.54, 1.807) is 18.2 Å². The summed E-state index contributed by atoms with van der Waals surface area (Å²) in [7, 11) is 0.268. The molecule has 0 bridgehead atoms. The maximum atomic E-state index is 12.9. The van der Waals surface area contributed by atoms with E-state index in [0.717, 1.165) is 12.8 Å². The van der Waals surface area contributed by atoms with E-state index in [4.69, 9.17) is 4.42 Å². The average molecular weight is 487 g/mol. The van der Waals surface area contributed by atoms with E-state index in [-0.39, 0.29) is 10.8 Å². The minimum atomic E-state index is -3.57. The number of carbonyl (C=O) groups is 1. The third-order valence-electron chi connectivity index (χ3n) is 6.19. The monoisotopic (exact) mass is 486 g/mol. The number of aromatic nitrogens is 1. The van der Waals surface area contributed by atoms with Crippen LogP contribution in [0.5, 0.6) is 0 Å². The van der Waals surface area contributed by atoms with Crippen LogP contribution in [0.4, 0.5) is 5.69 Å². The van der Waals surface area contributed by atoms with Crippen molar-refractivity contribution in [2.75, 3.05) is 39.0 Å². The summed E-state index contributed by atoms with van der Waals surface area (Å²) in [6.45, 7) is 4.28. The second-order valence-electron chi connectivity index (χ2n) is 9.07. The minimum absolute atomic E-state index is 0.184. The normalized spacial score (nSPS) is 15.8. The van der Waals surface area contributed by atoms with Gasteiger partial charge in [0.05, 0.1) is 10.4 Å². The lowest BCUT2D eigenvalue weighted by molar-refractivity contribution is 0.102. The smallest absolute Gasteiger partial charge is 0.408 e. The zero-order chi connectivity index (χ0) is 24.5. The standard InChI is InChI=1S/C24H30N4O5S/c1-17-10-12-27(13-11-17)34(31,32)20-7-4-18(5-8-20)23(29)25-19-6-9-22-21(16-19)28(24(30)33-22)15-14-26(2)3/h4-9,16-17H,10-15H2,1-3H3,(H,25,29). The Balaban J connectivity index is 1.49. The number of carbonyl (C=O) groups excluding carboxylic acids is 1. The van der Waals surface area contributed by atoms with E-state index in [9.17, 15) is 18.0 Å². The lowest BCUT2D eigenvalue weighted by atomic mass is 10.0. The zero-order valence-electron chi connectivity index (χ0n) is 19.7. The molecule has 9 nitrogen and oxygen atoms in total. The van der Waals surface area contributed by atoms with Crippen LogP contribution in [0.2, 0.25) is 0 Å². The van der Waals surface area contributed by atoms with Crippen LogP contribution >= 0.6 is 0 Å². The highest BCUT2D eigenvalue weighted by atomic mass is 32.2. The molecule has 1 fully saturated rings. The zero-order valence-corrected chi connectivity index (χ0v) is 20.5. The Morgan fingerprint density at radius 1 is 1.12 bits per heavy atom.